The minimum Gasteiger partial charge on any atom is -0.481 e. The van der Waals surface area contributed by atoms with Crippen molar-refractivity contribution in [3.05, 3.63) is 89.7 Å². The number of benzene rings is 1. The molecule has 0 radical (unpaired) electrons. The van der Waals surface area contributed by atoms with Crippen molar-refractivity contribution in [3.8, 4) is 0 Å². The Morgan fingerprint density at radius 2 is 1.89 bits per heavy atom. The van der Waals surface area contributed by atoms with E-state index in [-0.39, 0.29) is 50.0 Å². The normalized spacial score (nSPS) is 18.3. The van der Waals surface area contributed by atoms with Gasteiger partial charge in [-0.1, -0.05) is 66.2 Å². The molecule has 2 heterocycles. The van der Waals surface area contributed by atoms with Crippen molar-refractivity contribution in [2.45, 2.75) is 77.5 Å². The van der Waals surface area contributed by atoms with E-state index >= 15 is 0 Å². The minimum atomic E-state index is -0.999. The summed E-state index contributed by atoms with van der Waals surface area (Å²) in [7, 11) is 0. The van der Waals surface area contributed by atoms with Gasteiger partial charge >= 0.3 is 17.9 Å². The van der Waals surface area contributed by atoms with Gasteiger partial charge < -0.3 is 25.2 Å². The van der Waals surface area contributed by atoms with Crippen LogP contribution in [0.5, 0.6) is 0 Å². The van der Waals surface area contributed by atoms with Crippen molar-refractivity contribution >= 4 is 41.3 Å². The molecule has 1 aliphatic heterocycles. The van der Waals surface area contributed by atoms with Crippen molar-refractivity contribution in [3.63, 3.8) is 0 Å². The summed E-state index contributed by atoms with van der Waals surface area (Å²) < 4.78 is 10.6. The number of carbonyl (C=O) groups excluding carboxylic acids is 4. The molecule has 0 saturated heterocycles. The Labute approximate surface area is 280 Å². The van der Waals surface area contributed by atoms with Crippen LogP contribution in [-0.4, -0.2) is 52.0 Å². The topological polar surface area (TPSA) is 161 Å². The van der Waals surface area contributed by atoms with Gasteiger partial charge in [0.15, 0.2) is 0 Å². The molecule has 3 rings (SSSR count). The first kappa shape index (κ1) is 38.7. The molecule has 0 bridgehead atoms. The lowest BCUT2D eigenvalue weighted by molar-refractivity contribution is -0.159. The molecule has 2 amide bonds. The van der Waals surface area contributed by atoms with Crippen LogP contribution >= 0.6 is 11.6 Å². The molecule has 3 N–H and O–H groups in total. The molecule has 1 aliphatic rings. The largest absolute Gasteiger partial charge is 0.481 e. The number of carboxylic acid groups (broad SMARTS) is 1. The van der Waals surface area contributed by atoms with Gasteiger partial charge in [0.1, 0.15) is 16.9 Å². The van der Waals surface area contributed by atoms with Crippen LogP contribution in [0.25, 0.3) is 0 Å². The van der Waals surface area contributed by atoms with Crippen molar-refractivity contribution in [1.82, 2.24) is 15.6 Å². The van der Waals surface area contributed by atoms with E-state index < -0.39 is 35.5 Å². The summed E-state index contributed by atoms with van der Waals surface area (Å²) >= 11 is 5.78. The Morgan fingerprint density at radius 1 is 1.17 bits per heavy atom. The van der Waals surface area contributed by atoms with Gasteiger partial charge in [-0.3, -0.25) is 24.0 Å². The number of cyclic esters (lactones) is 1. The third kappa shape index (κ3) is 16.1. The van der Waals surface area contributed by atoms with Crippen LogP contribution < -0.4 is 10.6 Å². The smallest absolute Gasteiger partial charge is 0.307 e. The standard InChI is InChI=1S/C24H26ClN3O4.C11H18O4/c25-21-12-11-17(14-26-21)15-27-22(29)13-19-9-5-2-6-10-23(30)32-20(16-28-24(19)31)18-7-3-1-4-8-18;1-5-6-8(10(13)14)7-9(12)15-11(2,3)4/h1-5,7-8,11-12,14,19-20H,6,9-10,13,15-16H2,(H,27,29)(H,28,31);5,8H,1,6-7H2,2-4H3,(H,13,14)/b5-2+;/t19-,20?;8-/m00/s1. The second kappa shape index (κ2) is 19.9. The zero-order valence-corrected chi connectivity index (χ0v) is 27.8. The lowest BCUT2D eigenvalue weighted by Crippen LogP contribution is -2.37. The Kier molecular flexibility index (Phi) is 16.4. The monoisotopic (exact) mass is 669 g/mol. The lowest BCUT2D eigenvalue weighted by Gasteiger charge is -2.21. The first-order valence-electron chi connectivity index (χ1n) is 15.4. The van der Waals surface area contributed by atoms with E-state index in [0.29, 0.717) is 24.5 Å². The average molecular weight is 670 g/mol. The van der Waals surface area contributed by atoms with Gasteiger partial charge in [-0.05, 0) is 57.2 Å². The van der Waals surface area contributed by atoms with Crippen LogP contribution in [0, 0.1) is 11.8 Å². The van der Waals surface area contributed by atoms with Crippen LogP contribution in [-0.2, 0) is 40.0 Å². The number of pyridine rings is 1. The van der Waals surface area contributed by atoms with E-state index in [0.717, 1.165) is 11.1 Å². The fraction of sp³-hybridized carbons (Fsp3) is 0.429. The molecule has 0 saturated carbocycles. The van der Waals surface area contributed by atoms with Crippen LogP contribution in [0.3, 0.4) is 0 Å². The van der Waals surface area contributed by atoms with Crippen LogP contribution in [0.1, 0.15) is 76.5 Å². The number of carboxylic acids is 1. The van der Waals surface area contributed by atoms with Gasteiger partial charge in [-0.25, -0.2) is 4.98 Å². The first-order chi connectivity index (χ1) is 22.3. The summed E-state index contributed by atoms with van der Waals surface area (Å²) in [5, 5.41) is 14.8. The summed E-state index contributed by atoms with van der Waals surface area (Å²) in [6.07, 6.45) is 7.58. The molecule has 3 atom stereocenters. The number of nitrogens with zero attached hydrogens (tertiary/aromatic N) is 1. The Hall–Kier alpha value is -4.51. The Balaban J connectivity index is 0.000000433. The van der Waals surface area contributed by atoms with E-state index in [9.17, 15) is 24.0 Å². The predicted molar refractivity (Wildman–Crippen MR) is 177 cm³/mol. The maximum Gasteiger partial charge on any atom is 0.307 e. The minimum absolute atomic E-state index is 0.0486. The molecule has 11 nitrogen and oxygen atoms in total. The molecule has 1 aromatic carbocycles. The van der Waals surface area contributed by atoms with Crippen LogP contribution in [0.4, 0.5) is 0 Å². The number of nitrogens with one attached hydrogen (secondary N) is 2. The van der Waals surface area contributed by atoms with E-state index in [1.807, 2.05) is 42.5 Å². The molecule has 0 fully saturated rings. The van der Waals surface area contributed by atoms with Gasteiger partial charge in [0.25, 0.3) is 0 Å². The summed E-state index contributed by atoms with van der Waals surface area (Å²) in [5.41, 5.74) is 1.05. The van der Waals surface area contributed by atoms with Gasteiger partial charge in [-0.2, -0.15) is 0 Å². The predicted octanol–water partition coefficient (Wildman–Crippen LogP) is 5.49. The maximum atomic E-state index is 12.8. The number of aromatic nitrogens is 1. The SMILES string of the molecule is C=CC[C@@H](CC(=O)OC(C)(C)C)C(=O)O.O=C(C[C@@H]1C/C=C/CCC(=O)OC(c2ccccc2)CNC1=O)NCc1ccc(Cl)nc1. The number of hydrogen-bond acceptors (Lipinski definition) is 8. The van der Waals surface area contributed by atoms with Crippen molar-refractivity contribution in [1.29, 1.82) is 0 Å². The Bertz CT molecular complexity index is 1370. The number of carbonyl (C=O) groups is 5. The number of esters is 2. The van der Waals surface area contributed by atoms with Gasteiger partial charge in [0.2, 0.25) is 11.8 Å². The second-order valence-electron chi connectivity index (χ2n) is 11.9. The zero-order valence-electron chi connectivity index (χ0n) is 27.1. The highest BCUT2D eigenvalue weighted by atomic mass is 35.5. The molecular weight excluding hydrogens is 626 g/mol. The second-order valence-corrected chi connectivity index (χ2v) is 12.3. The van der Waals surface area contributed by atoms with E-state index in [1.165, 1.54) is 6.08 Å². The number of halogens is 1. The zero-order chi connectivity index (χ0) is 34.8. The van der Waals surface area contributed by atoms with E-state index in [1.54, 1.807) is 39.1 Å². The molecule has 1 aromatic heterocycles. The first-order valence-corrected chi connectivity index (χ1v) is 15.7. The maximum absolute atomic E-state index is 12.8. The van der Waals surface area contributed by atoms with Gasteiger partial charge in [0, 0.05) is 25.6 Å². The van der Waals surface area contributed by atoms with Crippen LogP contribution in [0.2, 0.25) is 5.15 Å². The van der Waals surface area contributed by atoms with Crippen molar-refractivity contribution < 1.29 is 38.6 Å². The highest BCUT2D eigenvalue weighted by Gasteiger charge is 2.25. The molecule has 1 unspecified atom stereocenters. The number of aliphatic carboxylic acids is 1. The van der Waals surface area contributed by atoms with Gasteiger partial charge in [0.05, 0.1) is 24.8 Å². The fourth-order valence-corrected chi connectivity index (χ4v) is 4.49. The van der Waals surface area contributed by atoms with Crippen LogP contribution in [0.15, 0.2) is 73.5 Å². The van der Waals surface area contributed by atoms with E-state index in [2.05, 4.69) is 22.2 Å². The average Bonchev–Trinajstić information content (AvgIpc) is 3.01. The molecular formula is C35H44ClN3O8. The third-order valence-electron chi connectivity index (χ3n) is 6.72. The quantitative estimate of drug-likeness (QED) is 0.169. The molecule has 2 aromatic rings. The number of amides is 2. The highest BCUT2D eigenvalue weighted by molar-refractivity contribution is 6.29. The summed E-state index contributed by atoms with van der Waals surface area (Å²) in [6.45, 7) is 9.13. The molecule has 0 aliphatic carbocycles. The molecule has 0 spiro atoms. The Morgan fingerprint density at radius 3 is 2.51 bits per heavy atom. The van der Waals surface area contributed by atoms with E-state index in [4.69, 9.17) is 26.2 Å². The summed E-state index contributed by atoms with van der Waals surface area (Å²) in [4.78, 5) is 63.5. The summed E-state index contributed by atoms with van der Waals surface area (Å²) in [5.74, 6) is -3.55. The number of hydrogen-bond donors (Lipinski definition) is 3. The van der Waals surface area contributed by atoms with Crippen molar-refractivity contribution in [2.24, 2.45) is 11.8 Å². The van der Waals surface area contributed by atoms with Crippen molar-refractivity contribution in [2.75, 3.05) is 6.54 Å². The fourth-order valence-electron chi connectivity index (χ4n) is 4.38. The summed E-state index contributed by atoms with van der Waals surface area (Å²) in [6, 6.07) is 12.7. The number of ether oxygens (including phenoxy) is 2. The molecule has 12 heteroatoms. The lowest BCUT2D eigenvalue weighted by atomic mass is 9.98. The number of rotatable bonds is 10. The third-order valence-corrected chi connectivity index (χ3v) is 6.95. The number of allylic oxidation sites excluding steroid dienone is 3. The molecule has 254 valence electrons. The molecule has 47 heavy (non-hydrogen) atoms. The van der Waals surface area contributed by atoms with Gasteiger partial charge in [-0.15, -0.1) is 6.58 Å². The highest BCUT2D eigenvalue weighted by Crippen LogP contribution is 2.20.